The van der Waals surface area contributed by atoms with Gasteiger partial charge in [0.05, 0.1) is 0 Å². The number of halogens is 1. The Balaban J connectivity index is 1.86. The van der Waals surface area contributed by atoms with Crippen molar-refractivity contribution in [3.63, 3.8) is 0 Å². The van der Waals surface area contributed by atoms with Crippen LogP contribution < -0.4 is 0 Å². The second-order valence-electron chi connectivity index (χ2n) is 6.99. The highest BCUT2D eigenvalue weighted by atomic mass is 35.5. The normalized spacial score (nSPS) is 22.0. The number of allylic oxidation sites excluding steroid dienone is 4. The fourth-order valence-electron chi connectivity index (χ4n) is 4.06. The molecule has 126 valence electrons. The summed E-state index contributed by atoms with van der Waals surface area (Å²) in [6.07, 6.45) is 6.17. The molecule has 0 heterocycles. The smallest absolute Gasteiger partial charge is 0.170 e. The topological polar surface area (TPSA) is 17.1 Å². The van der Waals surface area contributed by atoms with E-state index in [2.05, 4.69) is 44.2 Å². The number of hydrogen-bond donors (Lipinski definition) is 0. The second-order valence-corrected chi connectivity index (χ2v) is 7.42. The van der Waals surface area contributed by atoms with E-state index in [4.69, 9.17) is 11.6 Å². The summed E-state index contributed by atoms with van der Waals surface area (Å²) in [5.41, 5.74) is 6.76. The molecule has 0 aromatic heterocycles. The summed E-state index contributed by atoms with van der Waals surface area (Å²) in [7, 11) is 0. The molecular weight excluding hydrogens is 328 g/mol. The molecule has 1 nitrogen and oxygen atoms in total. The number of carbonyl (C=O) groups excluding carboxylic acids is 1. The van der Waals surface area contributed by atoms with Gasteiger partial charge >= 0.3 is 0 Å². The van der Waals surface area contributed by atoms with Gasteiger partial charge in [0, 0.05) is 16.5 Å². The molecule has 2 heteroatoms. The van der Waals surface area contributed by atoms with Crippen LogP contribution in [0.15, 0.2) is 60.2 Å². The fraction of sp³-hybridized carbons (Fsp3) is 0.261. The summed E-state index contributed by atoms with van der Waals surface area (Å²) < 4.78 is 0. The highest BCUT2D eigenvalue weighted by Gasteiger charge is 2.36. The van der Waals surface area contributed by atoms with Crippen molar-refractivity contribution in [3.05, 3.63) is 76.3 Å². The van der Waals surface area contributed by atoms with Crippen LogP contribution in [-0.4, -0.2) is 5.78 Å². The molecule has 2 aromatic carbocycles. The second kappa shape index (κ2) is 6.31. The van der Waals surface area contributed by atoms with Crippen LogP contribution >= 0.6 is 11.6 Å². The number of fused-ring (bicyclic) bond motifs is 2. The molecule has 2 bridgehead atoms. The lowest BCUT2D eigenvalue weighted by atomic mass is 9.77. The lowest BCUT2D eigenvalue weighted by Crippen LogP contribution is -2.21. The van der Waals surface area contributed by atoms with E-state index in [-0.39, 0.29) is 11.7 Å². The molecule has 0 amide bonds. The van der Waals surface area contributed by atoms with Gasteiger partial charge < -0.3 is 0 Å². The summed E-state index contributed by atoms with van der Waals surface area (Å²) >= 11 is 6.02. The van der Waals surface area contributed by atoms with Crippen LogP contribution in [0.3, 0.4) is 0 Å². The Bertz CT molecular complexity index is 902. The van der Waals surface area contributed by atoms with Gasteiger partial charge in [-0.2, -0.15) is 0 Å². The third-order valence-electron chi connectivity index (χ3n) is 5.55. The van der Waals surface area contributed by atoms with E-state index in [0.717, 1.165) is 40.1 Å². The minimum Gasteiger partial charge on any atom is -0.293 e. The molecule has 0 spiro atoms. The van der Waals surface area contributed by atoms with Gasteiger partial charge in [0.2, 0.25) is 0 Å². The van der Waals surface area contributed by atoms with Gasteiger partial charge in [0.1, 0.15) is 0 Å². The minimum atomic E-state index is 0.0626. The van der Waals surface area contributed by atoms with Gasteiger partial charge in [-0.05, 0) is 66.1 Å². The molecule has 25 heavy (non-hydrogen) atoms. The summed E-state index contributed by atoms with van der Waals surface area (Å²) in [6, 6.07) is 14.4. The van der Waals surface area contributed by atoms with E-state index in [1.54, 1.807) is 0 Å². The maximum Gasteiger partial charge on any atom is 0.170 e. The van der Waals surface area contributed by atoms with E-state index >= 15 is 0 Å². The molecule has 0 aliphatic heterocycles. The maximum atomic E-state index is 13.0. The van der Waals surface area contributed by atoms with Crippen LogP contribution in [0, 0.1) is 11.8 Å². The predicted octanol–water partition coefficient (Wildman–Crippen LogP) is 6.12. The zero-order valence-electron chi connectivity index (χ0n) is 14.6. The molecule has 0 N–H and O–H groups in total. The lowest BCUT2D eigenvalue weighted by molar-refractivity contribution is -0.116. The van der Waals surface area contributed by atoms with Crippen LogP contribution in [-0.2, 0) is 11.2 Å². The number of benzene rings is 2. The van der Waals surface area contributed by atoms with Crippen molar-refractivity contribution in [2.24, 2.45) is 11.8 Å². The van der Waals surface area contributed by atoms with Gasteiger partial charge in [0.25, 0.3) is 0 Å². The molecule has 2 aromatic rings. The quantitative estimate of drug-likeness (QED) is 0.611. The number of hydrogen-bond acceptors (Lipinski definition) is 1. The third kappa shape index (κ3) is 2.77. The highest BCUT2D eigenvalue weighted by molar-refractivity contribution is 6.30. The lowest BCUT2D eigenvalue weighted by Gasteiger charge is -2.25. The zero-order valence-corrected chi connectivity index (χ0v) is 15.3. The van der Waals surface area contributed by atoms with Gasteiger partial charge in [-0.25, -0.2) is 0 Å². The van der Waals surface area contributed by atoms with E-state index in [1.807, 2.05) is 24.3 Å². The van der Waals surface area contributed by atoms with Crippen molar-refractivity contribution in [1.29, 1.82) is 0 Å². The van der Waals surface area contributed by atoms with Gasteiger partial charge in [-0.3, -0.25) is 4.79 Å². The van der Waals surface area contributed by atoms with Crippen molar-refractivity contribution in [2.75, 3.05) is 0 Å². The van der Waals surface area contributed by atoms with Crippen molar-refractivity contribution < 1.29 is 4.79 Å². The molecule has 0 fully saturated rings. The molecule has 0 saturated carbocycles. The van der Waals surface area contributed by atoms with Crippen LogP contribution in [0.2, 0.25) is 5.02 Å². The number of aryl methyl sites for hydroxylation is 1. The summed E-state index contributed by atoms with van der Waals surface area (Å²) in [5.74, 6) is 0.764. The molecular formula is C23H21ClO. The van der Waals surface area contributed by atoms with E-state index in [1.165, 1.54) is 11.1 Å². The van der Waals surface area contributed by atoms with E-state index in [0.29, 0.717) is 5.92 Å². The Morgan fingerprint density at radius 2 is 1.68 bits per heavy atom. The van der Waals surface area contributed by atoms with Crippen LogP contribution in [0.4, 0.5) is 0 Å². The van der Waals surface area contributed by atoms with Gasteiger partial charge in [-0.15, -0.1) is 0 Å². The van der Waals surface area contributed by atoms with E-state index < -0.39 is 0 Å². The summed E-state index contributed by atoms with van der Waals surface area (Å²) in [5, 5.41) is 0.734. The molecule has 0 saturated heterocycles. The first-order chi connectivity index (χ1) is 12.1. The Morgan fingerprint density at radius 3 is 2.40 bits per heavy atom. The van der Waals surface area contributed by atoms with Crippen molar-refractivity contribution in [1.82, 2.24) is 0 Å². The summed E-state index contributed by atoms with van der Waals surface area (Å²) in [6.45, 7) is 4.27. The number of ketones is 1. The van der Waals surface area contributed by atoms with Crippen LogP contribution in [0.5, 0.6) is 0 Å². The fourth-order valence-corrected chi connectivity index (χ4v) is 4.19. The Hall–Kier alpha value is -2.12. The summed E-state index contributed by atoms with van der Waals surface area (Å²) in [4.78, 5) is 13.0. The third-order valence-corrected chi connectivity index (χ3v) is 5.81. The average Bonchev–Trinajstić information content (AvgIpc) is 3.08. The first-order valence-corrected chi connectivity index (χ1v) is 9.28. The molecule has 0 unspecified atom stereocenters. The molecule has 4 rings (SSSR count). The van der Waals surface area contributed by atoms with E-state index in [9.17, 15) is 4.79 Å². The first kappa shape index (κ1) is 16.4. The Labute approximate surface area is 154 Å². The molecule has 2 aliphatic carbocycles. The molecule has 2 atom stereocenters. The Morgan fingerprint density at radius 1 is 1.00 bits per heavy atom. The number of rotatable bonds is 3. The molecule has 2 aliphatic rings. The average molecular weight is 349 g/mol. The Kier molecular flexibility index (Phi) is 4.13. The van der Waals surface area contributed by atoms with Gasteiger partial charge in [0.15, 0.2) is 5.78 Å². The molecule has 0 radical (unpaired) electrons. The standard InChI is InChI=1S/C23H21ClO/c1-3-15-4-6-18(16-8-10-20(24)11-9-16)13-21(15)22-14(2)17-5-7-19(12-17)23(22)25/h4-11,13,17,19H,3,12H2,1-2H3/t17-,19+/m0/s1. The SMILES string of the molecule is CCc1ccc(-c2ccc(Cl)cc2)cc1C1=C(C)[C@H]2C=C[C@H](C2)C1=O. The van der Waals surface area contributed by atoms with Crippen molar-refractivity contribution in [2.45, 2.75) is 26.7 Å². The number of Topliss-reactive ketones (excluding diaryl/α,β-unsaturated/α-hetero) is 1. The van der Waals surface area contributed by atoms with Crippen LogP contribution in [0.25, 0.3) is 16.7 Å². The van der Waals surface area contributed by atoms with Crippen molar-refractivity contribution in [3.8, 4) is 11.1 Å². The minimum absolute atomic E-state index is 0.0626. The highest BCUT2D eigenvalue weighted by Crippen LogP contribution is 2.43. The van der Waals surface area contributed by atoms with Crippen molar-refractivity contribution >= 4 is 23.0 Å². The van der Waals surface area contributed by atoms with Gasteiger partial charge in [-0.1, -0.05) is 60.5 Å². The largest absolute Gasteiger partial charge is 0.293 e. The van der Waals surface area contributed by atoms with Crippen LogP contribution in [0.1, 0.15) is 31.4 Å². The number of carbonyl (C=O) groups is 1. The maximum absolute atomic E-state index is 13.0. The monoisotopic (exact) mass is 348 g/mol. The zero-order chi connectivity index (χ0) is 17.6. The first-order valence-electron chi connectivity index (χ1n) is 8.91. The predicted molar refractivity (Wildman–Crippen MR) is 105 cm³/mol.